The third kappa shape index (κ3) is 25.6. The standard InChI is InChI=1S/C81H78O9/c1-4-7-10-13-16-25-58-85-73-46-34-64(35-47-73)28-19-22-31-67-40-52-76(53-41-67)88-79(82)70-61-71(80(83)89-77-54-42-68(43-55-77)32-23-20-29-65-36-48-74(49-37-65)86-59-26-17-14-11-8-5-2)63-72(62-70)81(84)90-78-56-44-69(45-57-78)33-24-21-30-66-38-50-75(51-39-66)87-60-27-18-15-12-9-6-3/h34-57,61-63H,4-18,25-27,58-60H2,1-3H3. The van der Waals surface area contributed by atoms with Gasteiger partial charge in [-0.1, -0.05) is 153 Å². The molecule has 90 heavy (non-hydrogen) atoms. The molecule has 0 N–H and O–H groups in total. The van der Waals surface area contributed by atoms with Crippen molar-refractivity contribution in [3.8, 4) is 106 Å². The van der Waals surface area contributed by atoms with Crippen LogP contribution in [0.3, 0.4) is 0 Å². The SMILES string of the molecule is CCCCCCCCOc1ccc(C#CC#Cc2ccc(OC(=O)c3cc(C(=O)Oc4ccc(C#CC#Cc5ccc(OCCCCCCCC)cc5)cc4)cc(C(=O)Oc4ccc(C#CC#Cc5ccc(OCCCCCCCC)cc5)cc4)c3)cc2)cc1. The van der Waals surface area contributed by atoms with Crippen LogP contribution >= 0.6 is 0 Å². The first kappa shape index (κ1) is 67.2. The number of carbonyl (C=O) groups excluding carboxylic acids is 3. The number of carbonyl (C=O) groups is 3. The minimum absolute atomic E-state index is 0.105. The summed E-state index contributed by atoms with van der Waals surface area (Å²) in [7, 11) is 0. The van der Waals surface area contributed by atoms with E-state index >= 15 is 0 Å². The molecular formula is C81H78O9. The highest BCUT2D eigenvalue weighted by molar-refractivity contribution is 6.02. The summed E-state index contributed by atoms with van der Waals surface area (Å²) in [6.45, 7) is 8.75. The van der Waals surface area contributed by atoms with E-state index in [0.29, 0.717) is 36.5 Å². The molecule has 0 atom stereocenters. The molecule has 0 radical (unpaired) electrons. The Morgan fingerprint density at radius 3 is 0.656 bits per heavy atom. The minimum Gasteiger partial charge on any atom is -0.494 e. The van der Waals surface area contributed by atoms with Gasteiger partial charge in [0.05, 0.1) is 36.5 Å². The van der Waals surface area contributed by atoms with Crippen molar-refractivity contribution in [1.29, 1.82) is 0 Å². The van der Waals surface area contributed by atoms with Crippen LogP contribution < -0.4 is 28.4 Å². The Hall–Kier alpha value is -10.3. The van der Waals surface area contributed by atoms with Gasteiger partial charge in [0.15, 0.2) is 0 Å². The second-order valence-electron chi connectivity index (χ2n) is 21.5. The van der Waals surface area contributed by atoms with Crippen molar-refractivity contribution in [3.63, 3.8) is 0 Å². The number of hydrogen-bond acceptors (Lipinski definition) is 9. The van der Waals surface area contributed by atoms with Gasteiger partial charge in [-0.25, -0.2) is 14.4 Å². The summed E-state index contributed by atoms with van der Waals surface area (Å²) in [4.78, 5) is 41.5. The third-order valence-corrected chi connectivity index (χ3v) is 14.1. The average Bonchev–Trinajstić information content (AvgIpc) is 1.03. The minimum atomic E-state index is -0.839. The molecule has 0 spiro atoms. The molecule has 0 saturated carbocycles. The molecule has 0 aliphatic carbocycles. The van der Waals surface area contributed by atoms with Gasteiger partial charge >= 0.3 is 17.9 Å². The van der Waals surface area contributed by atoms with Gasteiger partial charge in [0.1, 0.15) is 34.5 Å². The second-order valence-corrected chi connectivity index (χ2v) is 21.5. The molecule has 0 aliphatic heterocycles. The van der Waals surface area contributed by atoms with E-state index < -0.39 is 17.9 Å². The Balaban J connectivity index is 0.970. The zero-order chi connectivity index (χ0) is 63.1. The molecule has 9 nitrogen and oxygen atoms in total. The van der Waals surface area contributed by atoms with Gasteiger partial charge in [0, 0.05) is 33.4 Å². The predicted octanol–water partition coefficient (Wildman–Crippen LogP) is 17.8. The van der Waals surface area contributed by atoms with Crippen molar-refractivity contribution in [1.82, 2.24) is 0 Å². The summed E-state index contributed by atoms with van der Waals surface area (Å²) in [5, 5.41) is 0. The number of hydrogen-bond donors (Lipinski definition) is 0. The highest BCUT2D eigenvalue weighted by atomic mass is 16.5. The van der Waals surface area contributed by atoms with Crippen molar-refractivity contribution in [2.75, 3.05) is 19.8 Å². The predicted molar refractivity (Wildman–Crippen MR) is 358 cm³/mol. The van der Waals surface area contributed by atoms with Gasteiger partial charge in [-0.3, -0.25) is 0 Å². The highest BCUT2D eigenvalue weighted by Gasteiger charge is 2.21. The molecule has 0 bridgehead atoms. The third-order valence-electron chi connectivity index (χ3n) is 14.1. The molecule has 0 fully saturated rings. The lowest BCUT2D eigenvalue weighted by molar-refractivity contribution is 0.0734. The molecule has 7 aromatic rings. The summed E-state index contributed by atoms with van der Waals surface area (Å²) in [5.41, 5.74) is 4.05. The topological polar surface area (TPSA) is 107 Å². The smallest absolute Gasteiger partial charge is 0.343 e. The van der Waals surface area contributed by atoms with Crippen LogP contribution in [-0.2, 0) is 0 Å². The van der Waals surface area contributed by atoms with Crippen LogP contribution in [0.4, 0.5) is 0 Å². The number of esters is 3. The van der Waals surface area contributed by atoms with E-state index in [9.17, 15) is 14.4 Å². The first-order chi connectivity index (χ1) is 44.2. The lowest BCUT2D eigenvalue weighted by atomic mass is 10.1. The quantitative estimate of drug-likeness (QED) is 0.0188. The zero-order valence-corrected chi connectivity index (χ0v) is 52.1. The fourth-order valence-electron chi connectivity index (χ4n) is 9.04. The van der Waals surface area contributed by atoms with Crippen LogP contribution in [0.25, 0.3) is 0 Å². The molecule has 0 saturated heterocycles. The summed E-state index contributed by atoms with van der Waals surface area (Å²) >= 11 is 0. The number of rotatable bonds is 30. The van der Waals surface area contributed by atoms with Crippen molar-refractivity contribution in [3.05, 3.63) is 214 Å². The summed E-state index contributed by atoms with van der Waals surface area (Å²) in [6.07, 6.45) is 21.8. The second kappa shape index (κ2) is 39.5. The van der Waals surface area contributed by atoms with Crippen molar-refractivity contribution >= 4 is 17.9 Å². The van der Waals surface area contributed by atoms with Gasteiger partial charge in [0.2, 0.25) is 0 Å². The number of benzene rings is 7. The Morgan fingerprint density at radius 1 is 0.256 bits per heavy atom. The van der Waals surface area contributed by atoms with Gasteiger partial charge in [-0.2, -0.15) is 0 Å². The van der Waals surface area contributed by atoms with E-state index in [-0.39, 0.29) is 33.9 Å². The van der Waals surface area contributed by atoms with E-state index in [1.54, 1.807) is 72.8 Å². The highest BCUT2D eigenvalue weighted by Crippen LogP contribution is 2.23. The van der Waals surface area contributed by atoms with E-state index in [4.69, 9.17) is 28.4 Å². The number of unbranched alkanes of at least 4 members (excludes halogenated alkanes) is 15. The maximum absolute atomic E-state index is 13.8. The van der Waals surface area contributed by atoms with Crippen LogP contribution in [0, 0.1) is 71.0 Å². The Labute approximate surface area is 533 Å². The molecular weight excluding hydrogens is 1120 g/mol. The lowest BCUT2D eigenvalue weighted by Crippen LogP contribution is -2.16. The maximum atomic E-state index is 13.8. The molecule has 9 heteroatoms. The fourth-order valence-corrected chi connectivity index (χ4v) is 9.04. The van der Waals surface area contributed by atoms with Gasteiger partial charge < -0.3 is 28.4 Å². The number of ether oxygens (including phenoxy) is 6. The summed E-state index contributed by atoms with van der Waals surface area (Å²) in [5.74, 6) is 36.0. The van der Waals surface area contributed by atoms with Crippen molar-refractivity contribution < 1.29 is 42.8 Å². The van der Waals surface area contributed by atoms with Crippen molar-refractivity contribution in [2.45, 2.75) is 136 Å². The van der Waals surface area contributed by atoms with Crippen molar-refractivity contribution in [2.24, 2.45) is 0 Å². The van der Waals surface area contributed by atoms with Crippen LogP contribution in [0.15, 0.2) is 164 Å². The maximum Gasteiger partial charge on any atom is 0.343 e. The largest absolute Gasteiger partial charge is 0.494 e. The first-order valence-corrected chi connectivity index (χ1v) is 31.6. The van der Waals surface area contributed by atoms with Crippen LogP contribution in [0.1, 0.15) is 201 Å². The van der Waals surface area contributed by atoms with Gasteiger partial charge in [-0.05, 0) is 219 Å². The molecule has 0 aromatic heterocycles. The summed E-state index contributed by atoms with van der Waals surface area (Å²) < 4.78 is 34.9. The van der Waals surface area contributed by atoms with E-state index in [1.807, 2.05) is 72.8 Å². The molecule has 0 heterocycles. The van der Waals surface area contributed by atoms with Crippen LogP contribution in [0.5, 0.6) is 34.5 Å². The normalized spacial score (nSPS) is 10.0. The van der Waals surface area contributed by atoms with E-state index in [1.165, 1.54) is 115 Å². The molecule has 0 unspecified atom stereocenters. The summed E-state index contributed by atoms with van der Waals surface area (Å²) in [6, 6.07) is 46.5. The Kier molecular flexibility index (Phi) is 29.5. The zero-order valence-electron chi connectivity index (χ0n) is 52.1. The van der Waals surface area contributed by atoms with E-state index in [2.05, 4.69) is 91.8 Å². The van der Waals surface area contributed by atoms with Crippen LogP contribution in [-0.4, -0.2) is 37.7 Å². The fraction of sp³-hybridized carbons (Fsp3) is 0.296. The molecule has 0 amide bonds. The lowest BCUT2D eigenvalue weighted by Gasteiger charge is -2.10. The molecule has 456 valence electrons. The monoisotopic (exact) mass is 1190 g/mol. The molecule has 7 aromatic carbocycles. The van der Waals surface area contributed by atoms with Crippen LogP contribution in [0.2, 0.25) is 0 Å². The van der Waals surface area contributed by atoms with Gasteiger partial charge in [-0.15, -0.1) is 0 Å². The Bertz CT molecular complexity index is 3380. The first-order valence-electron chi connectivity index (χ1n) is 31.6. The van der Waals surface area contributed by atoms with E-state index in [0.717, 1.165) is 53.2 Å². The Morgan fingerprint density at radius 2 is 0.444 bits per heavy atom. The molecule has 0 aliphatic rings. The average molecular weight is 1200 g/mol. The van der Waals surface area contributed by atoms with Gasteiger partial charge in [0.25, 0.3) is 0 Å². The molecule has 7 rings (SSSR count).